The van der Waals surface area contributed by atoms with Crippen LogP contribution >= 0.6 is 0 Å². The highest BCUT2D eigenvalue weighted by atomic mass is 15.3. The Bertz CT molecular complexity index is 366. The van der Waals surface area contributed by atoms with Crippen LogP contribution in [0.1, 0.15) is 38.2 Å². The van der Waals surface area contributed by atoms with E-state index in [2.05, 4.69) is 46.7 Å². The molecule has 0 N–H and O–H groups in total. The third kappa shape index (κ3) is 4.32. The number of hydrogen-bond acceptors (Lipinski definition) is 3. The van der Waals surface area contributed by atoms with E-state index >= 15 is 0 Å². The van der Waals surface area contributed by atoms with Gasteiger partial charge in [0.1, 0.15) is 0 Å². The van der Waals surface area contributed by atoms with Crippen molar-refractivity contribution in [3.05, 3.63) is 18.0 Å². The van der Waals surface area contributed by atoms with Gasteiger partial charge in [0.15, 0.2) is 0 Å². The van der Waals surface area contributed by atoms with Crippen LogP contribution in [0, 0.1) is 0 Å². The van der Waals surface area contributed by atoms with Gasteiger partial charge in [-0.05, 0) is 24.9 Å². The van der Waals surface area contributed by atoms with Crippen LogP contribution in [-0.2, 0) is 6.54 Å². The Kier molecular flexibility index (Phi) is 5.40. The maximum absolute atomic E-state index is 4.50. The molecule has 1 fully saturated rings. The topological polar surface area (TPSA) is 24.3 Å². The highest BCUT2D eigenvalue weighted by molar-refractivity contribution is 5.09. The fourth-order valence-corrected chi connectivity index (χ4v) is 2.67. The number of likely N-dealkylation sites (N-methyl/N-ethyl adjacent to an activating group) is 1. The second kappa shape index (κ2) is 7.06. The van der Waals surface area contributed by atoms with E-state index in [1.807, 2.05) is 6.20 Å². The molecule has 0 radical (unpaired) electrons. The second-order valence-corrected chi connectivity index (χ2v) is 5.87. The first-order valence-corrected chi connectivity index (χ1v) is 7.62. The molecule has 4 nitrogen and oxygen atoms in total. The molecular weight excluding hydrogens is 236 g/mol. The van der Waals surface area contributed by atoms with Crippen LogP contribution in [0.2, 0.25) is 0 Å². The molecule has 1 atom stereocenters. The molecule has 108 valence electrons. The standard InChI is InChI=1S/C15H28N4/c1-4-5-14(2)15-12-16-19(13-15)11-10-18-8-6-17(3)7-9-18/h12-14H,4-11H2,1-3H3. The first-order valence-electron chi connectivity index (χ1n) is 7.62. The van der Waals surface area contributed by atoms with Crippen molar-refractivity contribution >= 4 is 0 Å². The predicted octanol–water partition coefficient (Wildman–Crippen LogP) is 2.03. The summed E-state index contributed by atoms with van der Waals surface area (Å²) in [5.74, 6) is 0.641. The van der Waals surface area contributed by atoms with E-state index in [4.69, 9.17) is 0 Å². The molecule has 1 unspecified atom stereocenters. The van der Waals surface area contributed by atoms with Crippen LogP contribution in [0.3, 0.4) is 0 Å². The second-order valence-electron chi connectivity index (χ2n) is 5.87. The van der Waals surface area contributed by atoms with Crippen molar-refractivity contribution in [3.63, 3.8) is 0 Å². The van der Waals surface area contributed by atoms with Crippen molar-refractivity contribution in [2.45, 2.75) is 39.2 Å². The summed E-state index contributed by atoms with van der Waals surface area (Å²) in [6.45, 7) is 11.4. The molecule has 1 aromatic heterocycles. The van der Waals surface area contributed by atoms with Gasteiger partial charge < -0.3 is 4.90 Å². The van der Waals surface area contributed by atoms with Gasteiger partial charge in [0.25, 0.3) is 0 Å². The fourth-order valence-electron chi connectivity index (χ4n) is 2.67. The summed E-state index contributed by atoms with van der Waals surface area (Å²) >= 11 is 0. The average Bonchev–Trinajstić information content (AvgIpc) is 2.87. The molecule has 0 spiro atoms. The van der Waals surface area contributed by atoms with Crippen LogP contribution in [-0.4, -0.2) is 59.4 Å². The van der Waals surface area contributed by atoms with E-state index in [1.54, 1.807) is 0 Å². The highest BCUT2D eigenvalue weighted by Crippen LogP contribution is 2.19. The first kappa shape index (κ1) is 14.5. The lowest BCUT2D eigenvalue weighted by Gasteiger charge is -2.32. The van der Waals surface area contributed by atoms with Crippen molar-refractivity contribution in [1.82, 2.24) is 19.6 Å². The van der Waals surface area contributed by atoms with Gasteiger partial charge in [0.2, 0.25) is 0 Å². The van der Waals surface area contributed by atoms with Gasteiger partial charge in [0, 0.05) is 38.9 Å². The van der Waals surface area contributed by atoms with Crippen LogP contribution in [0.4, 0.5) is 0 Å². The number of piperazine rings is 1. The summed E-state index contributed by atoms with van der Waals surface area (Å²) < 4.78 is 2.11. The Morgan fingerprint density at radius 3 is 2.63 bits per heavy atom. The zero-order valence-electron chi connectivity index (χ0n) is 12.7. The fraction of sp³-hybridized carbons (Fsp3) is 0.800. The monoisotopic (exact) mass is 264 g/mol. The van der Waals surface area contributed by atoms with E-state index in [1.165, 1.54) is 44.6 Å². The zero-order valence-corrected chi connectivity index (χ0v) is 12.7. The Morgan fingerprint density at radius 2 is 1.95 bits per heavy atom. The van der Waals surface area contributed by atoms with Crippen molar-refractivity contribution in [3.8, 4) is 0 Å². The molecule has 1 aromatic rings. The number of aromatic nitrogens is 2. The van der Waals surface area contributed by atoms with Gasteiger partial charge in [0.05, 0.1) is 12.7 Å². The minimum absolute atomic E-state index is 0.641. The molecule has 0 bridgehead atoms. The summed E-state index contributed by atoms with van der Waals surface area (Å²) in [4.78, 5) is 4.94. The minimum Gasteiger partial charge on any atom is -0.304 e. The van der Waals surface area contributed by atoms with Gasteiger partial charge in [-0.15, -0.1) is 0 Å². The molecule has 0 aromatic carbocycles. The Hall–Kier alpha value is -0.870. The Morgan fingerprint density at radius 1 is 1.21 bits per heavy atom. The molecule has 19 heavy (non-hydrogen) atoms. The van der Waals surface area contributed by atoms with Crippen LogP contribution in [0.15, 0.2) is 12.4 Å². The van der Waals surface area contributed by atoms with Crippen LogP contribution in [0.25, 0.3) is 0 Å². The molecule has 2 heterocycles. The van der Waals surface area contributed by atoms with E-state index in [0.29, 0.717) is 5.92 Å². The van der Waals surface area contributed by atoms with E-state index < -0.39 is 0 Å². The molecule has 0 aliphatic carbocycles. The third-order valence-electron chi connectivity index (χ3n) is 4.19. The van der Waals surface area contributed by atoms with E-state index in [0.717, 1.165) is 13.1 Å². The van der Waals surface area contributed by atoms with Gasteiger partial charge >= 0.3 is 0 Å². The molecule has 1 aliphatic rings. The lowest BCUT2D eigenvalue weighted by atomic mass is 10.0. The first-order chi connectivity index (χ1) is 9.19. The lowest BCUT2D eigenvalue weighted by molar-refractivity contribution is 0.149. The van der Waals surface area contributed by atoms with E-state index in [9.17, 15) is 0 Å². The Balaban J connectivity index is 1.77. The lowest BCUT2D eigenvalue weighted by Crippen LogP contribution is -2.45. The smallest absolute Gasteiger partial charge is 0.0536 e. The number of hydrogen-bond donors (Lipinski definition) is 0. The number of rotatable bonds is 6. The summed E-state index contributed by atoms with van der Waals surface area (Å²) in [6.07, 6.45) is 6.78. The highest BCUT2D eigenvalue weighted by Gasteiger charge is 2.13. The molecule has 1 saturated heterocycles. The summed E-state index contributed by atoms with van der Waals surface area (Å²) in [5, 5.41) is 4.50. The van der Waals surface area contributed by atoms with Crippen molar-refractivity contribution in [2.75, 3.05) is 39.8 Å². The van der Waals surface area contributed by atoms with Gasteiger partial charge in [-0.1, -0.05) is 20.3 Å². The predicted molar refractivity (Wildman–Crippen MR) is 79.5 cm³/mol. The quantitative estimate of drug-likeness (QED) is 0.786. The van der Waals surface area contributed by atoms with Gasteiger partial charge in [-0.3, -0.25) is 9.58 Å². The van der Waals surface area contributed by atoms with Crippen molar-refractivity contribution < 1.29 is 0 Å². The van der Waals surface area contributed by atoms with Crippen molar-refractivity contribution in [2.24, 2.45) is 0 Å². The molecule has 2 rings (SSSR count). The van der Waals surface area contributed by atoms with E-state index in [-0.39, 0.29) is 0 Å². The maximum Gasteiger partial charge on any atom is 0.0536 e. The SMILES string of the molecule is CCCC(C)c1cnn(CCN2CCN(C)CC2)c1. The molecule has 4 heteroatoms. The normalized spacial score (nSPS) is 19.7. The molecule has 1 aliphatic heterocycles. The van der Waals surface area contributed by atoms with Crippen LogP contribution in [0.5, 0.6) is 0 Å². The summed E-state index contributed by atoms with van der Waals surface area (Å²) in [7, 11) is 2.20. The largest absolute Gasteiger partial charge is 0.304 e. The van der Waals surface area contributed by atoms with Gasteiger partial charge in [-0.2, -0.15) is 5.10 Å². The molecular formula is C15H28N4. The maximum atomic E-state index is 4.50. The Labute approximate surface area is 117 Å². The molecule has 0 saturated carbocycles. The molecule has 0 amide bonds. The van der Waals surface area contributed by atoms with Crippen LogP contribution < -0.4 is 0 Å². The summed E-state index contributed by atoms with van der Waals surface area (Å²) in [6, 6.07) is 0. The number of nitrogens with zero attached hydrogens (tertiary/aromatic N) is 4. The van der Waals surface area contributed by atoms with Crippen molar-refractivity contribution in [1.29, 1.82) is 0 Å². The minimum atomic E-state index is 0.641. The van der Waals surface area contributed by atoms with Gasteiger partial charge in [-0.25, -0.2) is 0 Å². The average molecular weight is 264 g/mol. The summed E-state index contributed by atoms with van der Waals surface area (Å²) in [5.41, 5.74) is 1.39. The zero-order chi connectivity index (χ0) is 13.7. The third-order valence-corrected chi connectivity index (χ3v) is 4.19.